The van der Waals surface area contributed by atoms with Gasteiger partial charge in [-0.05, 0) is 18.9 Å². The third-order valence-electron chi connectivity index (χ3n) is 7.44. The van der Waals surface area contributed by atoms with Crippen LogP contribution in [0.4, 0.5) is 0 Å². The molecular formula is C33H43N5O11. The molecule has 16 heteroatoms. The van der Waals surface area contributed by atoms with Crippen LogP contribution < -0.4 is 10.6 Å². The van der Waals surface area contributed by atoms with Gasteiger partial charge in [-0.2, -0.15) is 0 Å². The Hall–Kier alpha value is -5.09. The average molecular weight is 686 g/mol. The molecule has 49 heavy (non-hydrogen) atoms. The first-order valence-electron chi connectivity index (χ1n) is 15.7. The number of oxime groups is 1. The molecule has 0 aromatic carbocycles. The molecule has 5 atom stereocenters. The number of carboxylic acids is 1. The number of hydrogen-bond donors (Lipinski definition) is 5. The number of allylic oxidation sites excluding steroid dienone is 2. The molecule has 5 N–H and O–H groups in total. The number of cyclic esters (lactones) is 1. The van der Waals surface area contributed by atoms with Gasteiger partial charge in [0.2, 0.25) is 11.8 Å². The van der Waals surface area contributed by atoms with E-state index in [1.165, 1.54) is 17.1 Å². The predicted octanol–water partition coefficient (Wildman–Crippen LogP) is 0.675. The molecule has 1 aromatic heterocycles. The van der Waals surface area contributed by atoms with E-state index in [1.54, 1.807) is 37.3 Å². The van der Waals surface area contributed by atoms with Crippen LogP contribution in [0.25, 0.3) is 0 Å². The lowest BCUT2D eigenvalue weighted by Gasteiger charge is -2.29. The van der Waals surface area contributed by atoms with Gasteiger partial charge in [-0.15, -0.1) is 0 Å². The summed E-state index contributed by atoms with van der Waals surface area (Å²) in [5.74, 6) is -4.28. The van der Waals surface area contributed by atoms with Crippen molar-refractivity contribution in [2.24, 2.45) is 17.0 Å². The number of nitrogens with zero attached hydrogens (tertiary/aromatic N) is 3. The van der Waals surface area contributed by atoms with Gasteiger partial charge in [0.05, 0.1) is 24.8 Å². The smallest absolute Gasteiger partial charge is 0.333 e. The van der Waals surface area contributed by atoms with Crippen LogP contribution in [0.2, 0.25) is 0 Å². The second-order valence-corrected chi connectivity index (χ2v) is 11.9. The number of ether oxygens (including phenoxy) is 1. The lowest BCUT2D eigenvalue weighted by molar-refractivity contribution is -0.156. The number of aromatic nitrogens is 1. The van der Waals surface area contributed by atoms with Crippen molar-refractivity contribution in [1.29, 1.82) is 0 Å². The molecule has 2 aliphatic rings. The van der Waals surface area contributed by atoms with Crippen LogP contribution in [0.5, 0.6) is 0 Å². The van der Waals surface area contributed by atoms with Crippen LogP contribution >= 0.6 is 0 Å². The van der Waals surface area contributed by atoms with Crippen molar-refractivity contribution < 1.29 is 53.3 Å². The number of aliphatic hydroxyl groups is 2. The number of fused-ring (bicyclic) bond motifs is 3. The standard InChI is InChI=1S/C33H43N5O11/c1-19(2)30-21(4)9-10-27(41)34-11-5-7-20(3)13-23(40)14-22(37-48-18-28(42)35-24(16-39)32(44)45)15-29-36-25(17-47-29)31(43)38-12-6-8-26(38)33(46)49-30/h5-10,13,17,19,21,23-24,26,30,39-40H,11-12,14-16,18H2,1-4H3,(H,34,41)(H,35,42)(H,44,45)/b7-5+,10-9+,20-13+,37-22+. The molecule has 0 aliphatic carbocycles. The highest BCUT2D eigenvalue weighted by molar-refractivity contribution is 5.96. The number of carbonyl (C=O) groups excluding carboxylic acids is 4. The lowest BCUT2D eigenvalue weighted by atomic mass is 9.94. The minimum atomic E-state index is -1.53. The van der Waals surface area contributed by atoms with Crippen LogP contribution in [0, 0.1) is 11.8 Å². The number of carbonyl (C=O) groups is 5. The fourth-order valence-electron chi connectivity index (χ4n) is 5.02. The summed E-state index contributed by atoms with van der Waals surface area (Å²) >= 11 is 0. The summed E-state index contributed by atoms with van der Waals surface area (Å²) < 4.78 is 11.4. The number of rotatable bonds is 7. The van der Waals surface area contributed by atoms with E-state index in [-0.39, 0.29) is 61.0 Å². The van der Waals surface area contributed by atoms with E-state index in [0.29, 0.717) is 5.57 Å². The maximum Gasteiger partial charge on any atom is 0.333 e. The topological polar surface area (TPSA) is 230 Å². The maximum absolute atomic E-state index is 13.5. The summed E-state index contributed by atoms with van der Waals surface area (Å²) in [7, 11) is 0. The number of esters is 1. The molecule has 2 bridgehead atoms. The largest absolute Gasteiger partial charge is 0.480 e. The minimum absolute atomic E-state index is 0.0232. The van der Waals surface area contributed by atoms with Gasteiger partial charge in [-0.3, -0.25) is 14.4 Å². The summed E-state index contributed by atoms with van der Waals surface area (Å²) in [6.45, 7) is 6.14. The van der Waals surface area contributed by atoms with E-state index >= 15 is 0 Å². The number of hydrogen-bond acceptors (Lipinski definition) is 12. The summed E-state index contributed by atoms with van der Waals surface area (Å²) in [6.07, 6.45) is 10.4. The Labute approximate surface area is 283 Å². The van der Waals surface area contributed by atoms with Crippen LogP contribution in [-0.2, 0) is 35.2 Å². The van der Waals surface area contributed by atoms with E-state index < -0.39 is 61.3 Å². The predicted molar refractivity (Wildman–Crippen MR) is 174 cm³/mol. The first-order chi connectivity index (χ1) is 23.3. The Morgan fingerprint density at radius 3 is 2.65 bits per heavy atom. The molecule has 0 radical (unpaired) electrons. The van der Waals surface area contributed by atoms with Gasteiger partial charge in [0.15, 0.2) is 12.3 Å². The van der Waals surface area contributed by atoms with Crippen LogP contribution in [-0.4, -0.2) is 111 Å². The van der Waals surface area contributed by atoms with E-state index in [4.69, 9.17) is 24.2 Å². The van der Waals surface area contributed by atoms with Crippen molar-refractivity contribution in [2.75, 3.05) is 26.3 Å². The Morgan fingerprint density at radius 1 is 1.20 bits per heavy atom. The molecule has 266 valence electrons. The zero-order chi connectivity index (χ0) is 36.1. The highest BCUT2D eigenvalue weighted by Gasteiger charge is 2.36. The molecule has 0 spiro atoms. The van der Waals surface area contributed by atoms with E-state index in [0.717, 1.165) is 6.26 Å². The van der Waals surface area contributed by atoms with Crippen molar-refractivity contribution >= 4 is 35.4 Å². The molecule has 3 amide bonds. The number of amides is 3. The molecule has 0 saturated heterocycles. The Balaban J connectivity index is 1.88. The average Bonchev–Trinajstić information content (AvgIpc) is 3.72. The molecule has 5 unspecified atom stereocenters. The molecule has 2 aliphatic heterocycles. The maximum atomic E-state index is 13.5. The highest BCUT2D eigenvalue weighted by atomic mass is 16.6. The monoisotopic (exact) mass is 685 g/mol. The van der Waals surface area contributed by atoms with Gasteiger partial charge in [-0.25, -0.2) is 14.6 Å². The van der Waals surface area contributed by atoms with Crippen molar-refractivity contribution in [3.8, 4) is 0 Å². The van der Waals surface area contributed by atoms with Crippen molar-refractivity contribution in [2.45, 2.75) is 64.8 Å². The molecule has 1 aromatic rings. The molecule has 0 saturated carbocycles. The van der Waals surface area contributed by atoms with E-state index in [9.17, 15) is 29.1 Å². The lowest BCUT2D eigenvalue weighted by Crippen LogP contribution is -2.44. The molecular weight excluding hydrogens is 642 g/mol. The van der Waals surface area contributed by atoms with Gasteiger partial charge in [0.25, 0.3) is 11.8 Å². The molecule has 16 nitrogen and oxygen atoms in total. The third-order valence-corrected chi connectivity index (χ3v) is 7.44. The fourth-order valence-corrected chi connectivity index (χ4v) is 5.02. The van der Waals surface area contributed by atoms with Crippen LogP contribution in [0.15, 0.2) is 63.9 Å². The number of aliphatic carboxylic acids is 1. The van der Waals surface area contributed by atoms with E-state index in [1.807, 2.05) is 20.8 Å². The first kappa shape index (κ1) is 38.4. The zero-order valence-electron chi connectivity index (χ0n) is 27.8. The summed E-state index contributed by atoms with van der Waals surface area (Å²) in [4.78, 5) is 73.1. The summed E-state index contributed by atoms with van der Waals surface area (Å²) in [5.41, 5.74) is 0.719. The van der Waals surface area contributed by atoms with E-state index in [2.05, 4.69) is 20.8 Å². The summed E-state index contributed by atoms with van der Waals surface area (Å²) in [5, 5.41) is 37.7. The Bertz CT molecular complexity index is 1510. The van der Waals surface area contributed by atoms with Gasteiger partial charge in [0, 0.05) is 25.4 Å². The fraction of sp³-hybridized carbons (Fsp3) is 0.485. The zero-order valence-corrected chi connectivity index (χ0v) is 27.8. The quantitative estimate of drug-likeness (QED) is 0.152. The summed E-state index contributed by atoms with van der Waals surface area (Å²) in [6, 6.07) is -2.55. The van der Waals surface area contributed by atoms with Crippen molar-refractivity contribution in [1.82, 2.24) is 20.5 Å². The number of oxazole rings is 1. The second-order valence-electron chi connectivity index (χ2n) is 11.9. The second kappa shape index (κ2) is 18.5. The van der Waals surface area contributed by atoms with Crippen molar-refractivity contribution in [3.05, 3.63) is 66.0 Å². The van der Waals surface area contributed by atoms with Gasteiger partial charge in [0.1, 0.15) is 24.5 Å². The molecule has 3 rings (SSSR count). The molecule has 3 heterocycles. The highest BCUT2D eigenvalue weighted by Crippen LogP contribution is 2.22. The van der Waals surface area contributed by atoms with Crippen molar-refractivity contribution in [3.63, 3.8) is 0 Å². The SMILES string of the molecule is CC1=C\C(O)C/C(=N\OCC(=O)NC(CO)C(=O)O)Cc2nc(co2)C(=O)N2CC=CC2C(=O)OC(C(C)C)C(C)/C=C/C(=O)NC\C=C\1. The van der Waals surface area contributed by atoms with Crippen LogP contribution in [0.3, 0.4) is 0 Å². The number of aliphatic hydroxyl groups excluding tert-OH is 2. The minimum Gasteiger partial charge on any atom is -0.480 e. The normalized spacial score (nSPS) is 26.6. The third kappa shape index (κ3) is 11.8. The number of carboxylic acid groups (broad SMARTS) is 1. The Morgan fingerprint density at radius 2 is 1.96 bits per heavy atom. The van der Waals surface area contributed by atoms with Crippen LogP contribution in [0.1, 0.15) is 50.5 Å². The number of nitrogens with one attached hydrogen (secondary N) is 2. The first-order valence-corrected chi connectivity index (χ1v) is 15.7. The van der Waals surface area contributed by atoms with Gasteiger partial charge < -0.3 is 44.8 Å². The van der Waals surface area contributed by atoms with Gasteiger partial charge in [-0.1, -0.05) is 68.0 Å². The Kier molecular flexibility index (Phi) is 14.4. The van der Waals surface area contributed by atoms with Gasteiger partial charge >= 0.3 is 11.9 Å². The molecule has 0 fully saturated rings.